The average Bonchev–Trinajstić information content (AvgIpc) is 3.44. The molecule has 7 nitrogen and oxygen atoms in total. The number of nitrogens with zero attached hydrogens (tertiary/aromatic N) is 2. The Bertz CT molecular complexity index is 983. The van der Waals surface area contributed by atoms with Gasteiger partial charge in [-0.05, 0) is 48.8 Å². The second-order valence-electron chi connectivity index (χ2n) is 7.07. The summed E-state index contributed by atoms with van der Waals surface area (Å²) in [5, 5.41) is 9.88. The number of likely N-dealkylation sites (N-methyl/N-ethyl adjacent to an activating group) is 1. The van der Waals surface area contributed by atoms with Gasteiger partial charge in [-0.1, -0.05) is 19.9 Å². The molecule has 0 spiro atoms. The van der Waals surface area contributed by atoms with E-state index in [4.69, 9.17) is 4.74 Å². The molecule has 0 bridgehead atoms. The van der Waals surface area contributed by atoms with Crippen LogP contribution in [0.5, 0.6) is 5.75 Å². The van der Waals surface area contributed by atoms with E-state index in [0.29, 0.717) is 29.5 Å². The van der Waals surface area contributed by atoms with Crippen molar-refractivity contribution in [1.82, 2.24) is 9.88 Å². The highest BCUT2D eigenvalue weighted by atomic mass is 32.1. The monoisotopic (exact) mass is 472 g/mol. The van der Waals surface area contributed by atoms with E-state index < -0.39 is 0 Å². The molecular weight excluding hydrogens is 444 g/mol. The van der Waals surface area contributed by atoms with Crippen LogP contribution in [0.2, 0.25) is 0 Å². The maximum Gasteiger partial charge on any atom is 0.231 e. The van der Waals surface area contributed by atoms with Gasteiger partial charge in [-0.25, -0.2) is 4.98 Å². The summed E-state index contributed by atoms with van der Waals surface area (Å²) in [7, 11) is 0. The number of benzene rings is 1. The predicted molar refractivity (Wildman–Crippen MR) is 131 cm³/mol. The zero-order chi connectivity index (χ0) is 22.8. The Morgan fingerprint density at radius 1 is 1.00 bits per heavy atom. The average molecular weight is 473 g/mol. The van der Waals surface area contributed by atoms with Gasteiger partial charge < -0.3 is 20.3 Å². The standard InChI is InChI=1S/C23H28N4O3S2/c1-3-27(4-2)11-12-30-19-9-7-17(8-10-19)24-21(28)14-18-16-32-23(25-18)26-22(29)15-20-6-5-13-31-20/h5-10,13,16H,3-4,11-12,14-15H2,1-2H3,(H,24,28)(H,25,26,29). The molecule has 0 fully saturated rings. The smallest absolute Gasteiger partial charge is 0.231 e. The zero-order valence-electron chi connectivity index (χ0n) is 18.3. The number of ether oxygens (including phenoxy) is 1. The molecule has 0 atom stereocenters. The maximum atomic E-state index is 12.4. The van der Waals surface area contributed by atoms with E-state index in [1.807, 2.05) is 41.8 Å². The Balaban J connectivity index is 1.42. The minimum Gasteiger partial charge on any atom is -0.492 e. The number of amides is 2. The Morgan fingerprint density at radius 3 is 2.44 bits per heavy atom. The highest BCUT2D eigenvalue weighted by Gasteiger charge is 2.11. The fourth-order valence-electron chi connectivity index (χ4n) is 3.02. The van der Waals surface area contributed by atoms with Gasteiger partial charge in [0, 0.05) is 22.5 Å². The molecule has 2 aromatic heterocycles. The minimum absolute atomic E-state index is 0.114. The lowest BCUT2D eigenvalue weighted by Crippen LogP contribution is -2.27. The van der Waals surface area contributed by atoms with Crippen molar-refractivity contribution in [2.24, 2.45) is 0 Å². The number of thiazole rings is 1. The first-order valence-electron chi connectivity index (χ1n) is 10.6. The molecule has 9 heteroatoms. The number of rotatable bonds is 12. The fraction of sp³-hybridized carbons (Fsp3) is 0.348. The summed E-state index contributed by atoms with van der Waals surface area (Å²) in [4.78, 5) is 32.1. The summed E-state index contributed by atoms with van der Waals surface area (Å²) in [6.07, 6.45) is 0.460. The van der Waals surface area contributed by atoms with E-state index in [0.717, 1.165) is 30.3 Å². The molecule has 2 heterocycles. The van der Waals surface area contributed by atoms with Gasteiger partial charge in [0.25, 0.3) is 0 Å². The third-order valence-corrected chi connectivity index (χ3v) is 6.45. The number of carbonyl (C=O) groups excluding carboxylic acids is 2. The van der Waals surface area contributed by atoms with Gasteiger partial charge in [0.05, 0.1) is 18.5 Å². The number of aromatic nitrogens is 1. The van der Waals surface area contributed by atoms with Gasteiger partial charge in [0.15, 0.2) is 5.13 Å². The lowest BCUT2D eigenvalue weighted by Gasteiger charge is -2.18. The lowest BCUT2D eigenvalue weighted by atomic mass is 10.2. The number of hydrogen-bond acceptors (Lipinski definition) is 7. The van der Waals surface area contributed by atoms with Gasteiger partial charge in [-0.15, -0.1) is 22.7 Å². The Hall–Kier alpha value is -2.75. The second kappa shape index (κ2) is 12.3. The van der Waals surface area contributed by atoms with E-state index >= 15 is 0 Å². The Kier molecular flexibility index (Phi) is 9.21. The highest BCUT2D eigenvalue weighted by molar-refractivity contribution is 7.14. The van der Waals surface area contributed by atoms with Crippen molar-refractivity contribution in [1.29, 1.82) is 0 Å². The van der Waals surface area contributed by atoms with Crippen LogP contribution in [0.25, 0.3) is 0 Å². The number of thiophene rings is 1. The molecule has 0 unspecified atom stereocenters. The summed E-state index contributed by atoms with van der Waals surface area (Å²) in [5.41, 5.74) is 1.32. The van der Waals surface area contributed by atoms with Gasteiger partial charge >= 0.3 is 0 Å². The van der Waals surface area contributed by atoms with E-state index in [9.17, 15) is 9.59 Å². The van der Waals surface area contributed by atoms with Crippen molar-refractivity contribution >= 4 is 45.3 Å². The molecule has 0 saturated carbocycles. The largest absolute Gasteiger partial charge is 0.492 e. The summed E-state index contributed by atoms with van der Waals surface area (Å²) in [5.74, 6) is 0.497. The van der Waals surface area contributed by atoms with E-state index in [2.05, 4.69) is 34.4 Å². The lowest BCUT2D eigenvalue weighted by molar-refractivity contribution is -0.116. The first-order valence-corrected chi connectivity index (χ1v) is 12.3. The van der Waals surface area contributed by atoms with Crippen molar-refractivity contribution in [3.05, 3.63) is 57.7 Å². The van der Waals surface area contributed by atoms with Crippen molar-refractivity contribution in [2.45, 2.75) is 26.7 Å². The molecule has 2 N–H and O–H groups in total. The van der Waals surface area contributed by atoms with Crippen LogP contribution in [0.3, 0.4) is 0 Å². The van der Waals surface area contributed by atoms with Crippen molar-refractivity contribution in [3.63, 3.8) is 0 Å². The molecule has 0 aliphatic carbocycles. The third-order valence-electron chi connectivity index (χ3n) is 4.76. The molecule has 3 aromatic rings. The second-order valence-corrected chi connectivity index (χ2v) is 8.96. The molecule has 0 aliphatic heterocycles. The summed E-state index contributed by atoms with van der Waals surface area (Å²) in [6.45, 7) is 7.80. The summed E-state index contributed by atoms with van der Waals surface area (Å²) < 4.78 is 5.77. The molecule has 1 aromatic carbocycles. The zero-order valence-corrected chi connectivity index (χ0v) is 19.9. The van der Waals surface area contributed by atoms with Crippen molar-refractivity contribution < 1.29 is 14.3 Å². The Labute approximate surface area is 196 Å². The number of hydrogen-bond donors (Lipinski definition) is 2. The van der Waals surface area contributed by atoms with Crippen molar-refractivity contribution in [3.8, 4) is 5.75 Å². The topological polar surface area (TPSA) is 83.6 Å². The number of nitrogens with one attached hydrogen (secondary N) is 2. The molecule has 0 saturated heterocycles. The molecule has 32 heavy (non-hydrogen) atoms. The third kappa shape index (κ3) is 7.74. The SMILES string of the molecule is CCN(CC)CCOc1ccc(NC(=O)Cc2csc(NC(=O)Cc3cccs3)n2)cc1. The van der Waals surface area contributed by atoms with E-state index in [1.165, 1.54) is 11.3 Å². The molecule has 3 rings (SSSR count). The highest BCUT2D eigenvalue weighted by Crippen LogP contribution is 2.19. The molecule has 0 aliphatic rings. The normalized spacial score (nSPS) is 10.8. The molecule has 170 valence electrons. The van der Waals surface area contributed by atoms with Gasteiger partial charge in [0.1, 0.15) is 12.4 Å². The van der Waals surface area contributed by atoms with Gasteiger partial charge in [-0.2, -0.15) is 0 Å². The number of carbonyl (C=O) groups is 2. The van der Waals surface area contributed by atoms with Crippen LogP contribution < -0.4 is 15.4 Å². The molecular formula is C23H28N4O3S2. The first kappa shape index (κ1) is 23.9. The van der Waals surface area contributed by atoms with Crippen LogP contribution >= 0.6 is 22.7 Å². The van der Waals surface area contributed by atoms with E-state index in [-0.39, 0.29) is 18.2 Å². The van der Waals surface area contributed by atoms with Gasteiger partial charge in [-0.3, -0.25) is 9.59 Å². The summed E-state index contributed by atoms with van der Waals surface area (Å²) in [6, 6.07) is 11.2. The van der Waals surface area contributed by atoms with Crippen LogP contribution in [-0.2, 0) is 22.4 Å². The molecule has 2 amide bonds. The predicted octanol–water partition coefficient (Wildman–Crippen LogP) is 4.29. The van der Waals surface area contributed by atoms with Crippen LogP contribution in [-0.4, -0.2) is 47.9 Å². The van der Waals surface area contributed by atoms with Crippen LogP contribution in [0.4, 0.5) is 10.8 Å². The van der Waals surface area contributed by atoms with Crippen molar-refractivity contribution in [2.75, 3.05) is 36.9 Å². The Morgan fingerprint density at radius 2 is 1.75 bits per heavy atom. The maximum absolute atomic E-state index is 12.4. The summed E-state index contributed by atoms with van der Waals surface area (Å²) >= 11 is 2.86. The van der Waals surface area contributed by atoms with Gasteiger partial charge in [0.2, 0.25) is 11.8 Å². The number of anilines is 2. The fourth-order valence-corrected chi connectivity index (χ4v) is 4.45. The minimum atomic E-state index is -0.165. The quantitative estimate of drug-likeness (QED) is 0.411. The van der Waals surface area contributed by atoms with Crippen LogP contribution in [0, 0.1) is 0 Å². The van der Waals surface area contributed by atoms with Crippen LogP contribution in [0.15, 0.2) is 47.2 Å². The van der Waals surface area contributed by atoms with E-state index in [1.54, 1.807) is 16.7 Å². The van der Waals surface area contributed by atoms with Crippen LogP contribution in [0.1, 0.15) is 24.4 Å². The first-order chi connectivity index (χ1) is 15.6. The molecule has 0 radical (unpaired) electrons.